The summed E-state index contributed by atoms with van der Waals surface area (Å²) in [7, 11) is -3.63. The van der Waals surface area contributed by atoms with Crippen LogP contribution >= 0.6 is 15.9 Å². The van der Waals surface area contributed by atoms with Crippen LogP contribution in [0.5, 0.6) is 0 Å². The highest BCUT2D eigenvalue weighted by molar-refractivity contribution is 9.10. The predicted molar refractivity (Wildman–Crippen MR) is 84.0 cm³/mol. The van der Waals surface area contributed by atoms with Crippen molar-refractivity contribution in [2.75, 3.05) is 4.72 Å². The van der Waals surface area contributed by atoms with Crippen LogP contribution in [0.3, 0.4) is 0 Å². The Bertz CT molecular complexity index is 715. The highest BCUT2D eigenvalue weighted by atomic mass is 79.9. The highest BCUT2D eigenvalue weighted by Gasteiger charge is 2.16. The number of benzene rings is 2. The lowest BCUT2D eigenvalue weighted by Crippen LogP contribution is -2.14. The standard InChI is InChI=1S/C14H15BrN2O2S/c1-10(16)11-5-4-6-12(9-11)20(18,19)17-14-8-3-2-7-13(14)15/h2-10,17H,16H2,1H3. The maximum absolute atomic E-state index is 12.4. The number of sulfonamides is 1. The molecular weight excluding hydrogens is 340 g/mol. The maximum atomic E-state index is 12.4. The van der Waals surface area contributed by atoms with Gasteiger partial charge in [0.2, 0.25) is 0 Å². The molecule has 0 spiro atoms. The van der Waals surface area contributed by atoms with Gasteiger partial charge in [-0.2, -0.15) is 0 Å². The number of hydrogen-bond donors (Lipinski definition) is 2. The first-order valence-corrected chi connectivity index (χ1v) is 8.30. The normalized spacial score (nSPS) is 12.9. The van der Waals surface area contributed by atoms with Gasteiger partial charge in [-0.25, -0.2) is 8.42 Å². The van der Waals surface area contributed by atoms with Gasteiger partial charge >= 0.3 is 0 Å². The van der Waals surface area contributed by atoms with Crippen LogP contribution in [0.4, 0.5) is 5.69 Å². The number of anilines is 1. The first-order valence-electron chi connectivity index (χ1n) is 6.03. The Hall–Kier alpha value is -1.37. The van der Waals surface area contributed by atoms with E-state index in [9.17, 15) is 8.42 Å². The molecule has 0 aliphatic carbocycles. The molecule has 0 saturated carbocycles. The summed E-state index contributed by atoms with van der Waals surface area (Å²) in [5.41, 5.74) is 7.06. The van der Waals surface area contributed by atoms with Crippen LogP contribution in [-0.4, -0.2) is 8.42 Å². The van der Waals surface area contributed by atoms with Crippen molar-refractivity contribution in [1.29, 1.82) is 0 Å². The van der Waals surface area contributed by atoms with E-state index >= 15 is 0 Å². The van der Waals surface area contributed by atoms with Crippen molar-refractivity contribution in [2.24, 2.45) is 5.73 Å². The molecule has 0 aliphatic rings. The van der Waals surface area contributed by atoms with Crippen molar-refractivity contribution in [3.63, 3.8) is 0 Å². The lowest BCUT2D eigenvalue weighted by atomic mass is 10.1. The molecule has 0 radical (unpaired) electrons. The SMILES string of the molecule is CC(N)c1cccc(S(=O)(=O)Nc2ccccc2Br)c1. The average Bonchev–Trinajstić information content (AvgIpc) is 2.41. The van der Waals surface area contributed by atoms with Crippen molar-refractivity contribution < 1.29 is 8.42 Å². The summed E-state index contributed by atoms with van der Waals surface area (Å²) in [5.74, 6) is 0. The number of halogens is 1. The molecule has 0 fully saturated rings. The second kappa shape index (κ2) is 5.95. The zero-order valence-electron chi connectivity index (χ0n) is 10.9. The van der Waals surface area contributed by atoms with Crippen LogP contribution in [0.1, 0.15) is 18.5 Å². The first-order chi connectivity index (χ1) is 9.40. The highest BCUT2D eigenvalue weighted by Crippen LogP contribution is 2.25. The molecule has 4 nitrogen and oxygen atoms in total. The van der Waals surface area contributed by atoms with E-state index in [2.05, 4.69) is 20.7 Å². The molecule has 106 valence electrons. The summed E-state index contributed by atoms with van der Waals surface area (Å²) in [6, 6.07) is 13.5. The third-order valence-electron chi connectivity index (χ3n) is 2.81. The Labute approximate surface area is 127 Å². The molecule has 20 heavy (non-hydrogen) atoms. The van der Waals surface area contributed by atoms with Crippen molar-refractivity contribution in [3.05, 3.63) is 58.6 Å². The first kappa shape index (κ1) is 15.0. The van der Waals surface area contributed by atoms with Gasteiger partial charge in [0.1, 0.15) is 0 Å². The molecule has 3 N–H and O–H groups in total. The van der Waals surface area contributed by atoms with Gasteiger partial charge in [-0.1, -0.05) is 24.3 Å². The van der Waals surface area contributed by atoms with E-state index in [1.165, 1.54) is 0 Å². The molecule has 2 aromatic carbocycles. The van der Waals surface area contributed by atoms with E-state index in [0.717, 1.165) is 5.56 Å². The minimum atomic E-state index is -3.63. The monoisotopic (exact) mass is 354 g/mol. The molecule has 0 bridgehead atoms. The number of hydrogen-bond acceptors (Lipinski definition) is 3. The molecule has 6 heteroatoms. The fourth-order valence-electron chi connectivity index (χ4n) is 1.71. The van der Waals surface area contributed by atoms with Gasteiger partial charge in [0, 0.05) is 10.5 Å². The van der Waals surface area contributed by atoms with Crippen LogP contribution < -0.4 is 10.5 Å². The molecular formula is C14H15BrN2O2S. The number of nitrogens with one attached hydrogen (secondary N) is 1. The zero-order valence-corrected chi connectivity index (χ0v) is 13.3. The number of nitrogens with two attached hydrogens (primary N) is 1. The van der Waals surface area contributed by atoms with E-state index in [-0.39, 0.29) is 10.9 Å². The largest absolute Gasteiger partial charge is 0.324 e. The summed E-state index contributed by atoms with van der Waals surface area (Å²) in [5, 5.41) is 0. The fraction of sp³-hybridized carbons (Fsp3) is 0.143. The molecule has 0 saturated heterocycles. The van der Waals surface area contributed by atoms with Crippen LogP contribution in [0.15, 0.2) is 57.9 Å². The Morgan fingerprint density at radius 1 is 1.15 bits per heavy atom. The topological polar surface area (TPSA) is 72.2 Å². The van der Waals surface area contributed by atoms with Gasteiger partial charge in [0.25, 0.3) is 10.0 Å². The van der Waals surface area contributed by atoms with Crippen molar-refractivity contribution >= 4 is 31.6 Å². The summed E-state index contributed by atoms with van der Waals surface area (Å²) >= 11 is 3.31. The molecule has 1 unspecified atom stereocenters. The van der Waals surface area contributed by atoms with Crippen LogP contribution in [0.2, 0.25) is 0 Å². The number of para-hydroxylation sites is 1. The Morgan fingerprint density at radius 3 is 2.50 bits per heavy atom. The maximum Gasteiger partial charge on any atom is 0.261 e. The van der Waals surface area contributed by atoms with E-state index < -0.39 is 10.0 Å². The third-order valence-corrected chi connectivity index (χ3v) is 4.87. The van der Waals surface area contributed by atoms with Gasteiger partial charge in [0.15, 0.2) is 0 Å². The molecule has 0 aliphatic heterocycles. The minimum absolute atomic E-state index is 0.197. The van der Waals surface area contributed by atoms with Crippen molar-refractivity contribution in [1.82, 2.24) is 0 Å². The summed E-state index contributed by atoms with van der Waals surface area (Å²) in [4.78, 5) is 0.197. The van der Waals surface area contributed by atoms with E-state index in [1.807, 2.05) is 19.1 Å². The van der Waals surface area contributed by atoms with Crippen LogP contribution in [0, 0.1) is 0 Å². The van der Waals surface area contributed by atoms with Gasteiger partial charge in [-0.15, -0.1) is 0 Å². The Kier molecular flexibility index (Phi) is 4.47. The molecule has 0 aromatic heterocycles. The fourth-order valence-corrected chi connectivity index (χ4v) is 3.36. The lowest BCUT2D eigenvalue weighted by Gasteiger charge is -2.11. The minimum Gasteiger partial charge on any atom is -0.324 e. The Balaban J connectivity index is 2.36. The van der Waals surface area contributed by atoms with E-state index in [0.29, 0.717) is 10.2 Å². The summed E-state index contributed by atoms with van der Waals surface area (Å²) in [6.07, 6.45) is 0. The van der Waals surface area contributed by atoms with Gasteiger partial charge in [-0.3, -0.25) is 4.72 Å². The third kappa shape index (κ3) is 3.39. The molecule has 0 amide bonds. The van der Waals surface area contributed by atoms with Gasteiger partial charge in [-0.05, 0) is 52.7 Å². The quantitative estimate of drug-likeness (QED) is 0.884. The number of rotatable bonds is 4. The zero-order chi connectivity index (χ0) is 14.8. The van der Waals surface area contributed by atoms with Crippen LogP contribution in [0.25, 0.3) is 0 Å². The van der Waals surface area contributed by atoms with Gasteiger partial charge in [0.05, 0.1) is 10.6 Å². The summed E-state index contributed by atoms with van der Waals surface area (Å²) in [6.45, 7) is 1.81. The van der Waals surface area contributed by atoms with Crippen molar-refractivity contribution in [3.8, 4) is 0 Å². The Morgan fingerprint density at radius 2 is 1.85 bits per heavy atom. The predicted octanol–water partition coefficient (Wildman–Crippen LogP) is 3.27. The molecule has 2 rings (SSSR count). The average molecular weight is 355 g/mol. The molecule has 2 aromatic rings. The van der Waals surface area contributed by atoms with Gasteiger partial charge < -0.3 is 5.73 Å². The molecule has 1 atom stereocenters. The molecule has 0 heterocycles. The smallest absolute Gasteiger partial charge is 0.261 e. The second-order valence-corrected chi connectivity index (χ2v) is 6.98. The lowest BCUT2D eigenvalue weighted by molar-refractivity contribution is 0.601. The second-order valence-electron chi connectivity index (χ2n) is 4.45. The van der Waals surface area contributed by atoms with Crippen molar-refractivity contribution in [2.45, 2.75) is 17.9 Å². The summed E-state index contributed by atoms with van der Waals surface area (Å²) < 4.78 is 28.0. The van der Waals surface area contributed by atoms with E-state index in [1.54, 1.807) is 36.4 Å². The van der Waals surface area contributed by atoms with Crippen LogP contribution in [-0.2, 0) is 10.0 Å². The van der Waals surface area contributed by atoms with E-state index in [4.69, 9.17) is 5.73 Å².